The minimum atomic E-state index is -4.68. The predicted molar refractivity (Wildman–Crippen MR) is 130 cm³/mol. The van der Waals surface area contributed by atoms with E-state index < -0.39 is 22.4 Å². The predicted octanol–water partition coefficient (Wildman–Crippen LogP) is 7.53. The van der Waals surface area contributed by atoms with Crippen LogP contribution in [0.15, 0.2) is 108 Å². The quantitative estimate of drug-likeness (QED) is 0.170. The van der Waals surface area contributed by atoms with E-state index in [-0.39, 0.29) is 5.69 Å². The number of rotatable bonds is 7. The van der Waals surface area contributed by atoms with Crippen molar-refractivity contribution >= 4 is 34.7 Å². The van der Waals surface area contributed by atoms with Crippen LogP contribution in [-0.4, -0.2) is 11.1 Å². The lowest BCUT2D eigenvalue weighted by Crippen LogP contribution is -2.09. The molecule has 0 saturated heterocycles. The maximum atomic E-state index is 12.9. The Hall–Kier alpha value is -4.66. The number of hydrogen-bond donors (Lipinski definition) is 1. The third-order valence-electron chi connectivity index (χ3n) is 5.10. The van der Waals surface area contributed by atoms with Crippen molar-refractivity contribution in [3.05, 3.63) is 124 Å². The number of hydrogen-bond acceptors (Lipinski definition) is 5. The zero-order valence-electron chi connectivity index (χ0n) is 18.2. The zero-order chi connectivity index (χ0) is 24.8. The SMILES string of the molecule is O=[N+]([O-])c1cc(C(F)(F)F)ccc1N/N=C/c1ccc(N(c2ccccc2)c2ccccc2)cc1. The number of anilines is 4. The van der Waals surface area contributed by atoms with Gasteiger partial charge in [0.2, 0.25) is 0 Å². The first-order valence-corrected chi connectivity index (χ1v) is 10.5. The summed E-state index contributed by atoms with van der Waals surface area (Å²) in [5.41, 5.74) is 4.07. The summed E-state index contributed by atoms with van der Waals surface area (Å²) in [7, 11) is 0. The number of nitro groups is 1. The Kier molecular flexibility index (Phi) is 6.77. The molecule has 176 valence electrons. The zero-order valence-corrected chi connectivity index (χ0v) is 18.2. The van der Waals surface area contributed by atoms with Gasteiger partial charge in [0, 0.05) is 23.1 Å². The molecule has 0 saturated carbocycles. The molecule has 0 aliphatic heterocycles. The Labute approximate surface area is 199 Å². The second-order valence-electron chi connectivity index (χ2n) is 7.45. The summed E-state index contributed by atoms with van der Waals surface area (Å²) in [6.45, 7) is 0. The molecule has 0 aliphatic rings. The van der Waals surface area contributed by atoms with Gasteiger partial charge in [0.05, 0.1) is 16.7 Å². The van der Waals surface area contributed by atoms with Crippen LogP contribution in [0.4, 0.5) is 41.6 Å². The summed E-state index contributed by atoms with van der Waals surface area (Å²) in [6.07, 6.45) is -3.25. The molecule has 4 aromatic rings. The van der Waals surface area contributed by atoms with Crippen molar-refractivity contribution in [2.75, 3.05) is 10.3 Å². The molecule has 9 heteroatoms. The fourth-order valence-electron chi connectivity index (χ4n) is 3.44. The summed E-state index contributed by atoms with van der Waals surface area (Å²) < 4.78 is 38.6. The van der Waals surface area contributed by atoms with Gasteiger partial charge in [-0.2, -0.15) is 18.3 Å². The topological polar surface area (TPSA) is 70.8 Å². The van der Waals surface area contributed by atoms with Gasteiger partial charge in [-0.25, -0.2) is 0 Å². The molecule has 0 bridgehead atoms. The van der Waals surface area contributed by atoms with Crippen LogP contribution in [0.2, 0.25) is 0 Å². The number of para-hydroxylation sites is 2. The lowest BCUT2D eigenvalue weighted by Gasteiger charge is -2.25. The van der Waals surface area contributed by atoms with Crippen LogP contribution in [0.3, 0.4) is 0 Å². The molecule has 0 radical (unpaired) electrons. The molecule has 0 atom stereocenters. The van der Waals surface area contributed by atoms with Gasteiger partial charge in [0.15, 0.2) is 0 Å². The normalized spacial score (nSPS) is 11.4. The Morgan fingerprint density at radius 3 is 1.86 bits per heavy atom. The minimum Gasteiger partial charge on any atom is -0.311 e. The molecule has 35 heavy (non-hydrogen) atoms. The molecule has 0 heterocycles. The smallest absolute Gasteiger partial charge is 0.311 e. The second-order valence-corrected chi connectivity index (χ2v) is 7.45. The highest BCUT2D eigenvalue weighted by atomic mass is 19.4. The molecule has 6 nitrogen and oxygen atoms in total. The van der Waals surface area contributed by atoms with Gasteiger partial charge >= 0.3 is 6.18 Å². The molecule has 0 fully saturated rings. The Morgan fingerprint density at radius 2 is 1.34 bits per heavy atom. The standard InChI is InChI=1S/C26H19F3N4O2/c27-26(28,29)20-13-16-24(25(17-20)33(34)35)31-30-18-19-11-14-23(15-12-19)32(21-7-3-1-4-8-21)22-9-5-2-6-10-22/h1-18,31H/b30-18+. The maximum Gasteiger partial charge on any atom is 0.416 e. The van der Waals surface area contributed by atoms with Crippen molar-refractivity contribution < 1.29 is 18.1 Å². The minimum absolute atomic E-state index is 0.143. The lowest BCUT2D eigenvalue weighted by atomic mass is 10.1. The molecule has 0 aromatic heterocycles. The molecule has 4 aromatic carbocycles. The highest BCUT2D eigenvalue weighted by molar-refractivity contribution is 5.83. The van der Waals surface area contributed by atoms with Crippen molar-refractivity contribution in [2.24, 2.45) is 5.10 Å². The average Bonchev–Trinajstić information content (AvgIpc) is 2.86. The number of halogens is 3. The molecule has 0 unspecified atom stereocenters. The van der Waals surface area contributed by atoms with Crippen molar-refractivity contribution in [1.29, 1.82) is 0 Å². The van der Waals surface area contributed by atoms with Gasteiger partial charge in [-0.1, -0.05) is 48.5 Å². The van der Waals surface area contributed by atoms with Gasteiger partial charge in [0.25, 0.3) is 5.69 Å². The van der Waals surface area contributed by atoms with Crippen LogP contribution >= 0.6 is 0 Å². The molecular formula is C26H19F3N4O2. The number of nitro benzene ring substituents is 1. The lowest BCUT2D eigenvalue weighted by molar-refractivity contribution is -0.384. The third-order valence-corrected chi connectivity index (χ3v) is 5.10. The molecular weight excluding hydrogens is 457 g/mol. The Balaban J connectivity index is 1.54. The molecule has 0 aliphatic carbocycles. The van der Waals surface area contributed by atoms with Crippen molar-refractivity contribution in [3.63, 3.8) is 0 Å². The van der Waals surface area contributed by atoms with E-state index >= 15 is 0 Å². The van der Waals surface area contributed by atoms with E-state index in [4.69, 9.17) is 0 Å². The average molecular weight is 476 g/mol. The van der Waals surface area contributed by atoms with E-state index in [0.29, 0.717) is 11.6 Å². The highest BCUT2D eigenvalue weighted by Gasteiger charge is 2.33. The summed E-state index contributed by atoms with van der Waals surface area (Å²) in [4.78, 5) is 12.4. The first-order chi connectivity index (χ1) is 16.8. The molecule has 0 amide bonds. The van der Waals surface area contributed by atoms with Crippen LogP contribution in [0.5, 0.6) is 0 Å². The first kappa shape index (κ1) is 23.5. The van der Waals surface area contributed by atoms with Crippen molar-refractivity contribution in [2.45, 2.75) is 6.18 Å². The molecule has 1 N–H and O–H groups in total. The van der Waals surface area contributed by atoms with E-state index in [9.17, 15) is 23.3 Å². The van der Waals surface area contributed by atoms with Gasteiger partial charge in [-0.05, 0) is 54.1 Å². The summed E-state index contributed by atoms with van der Waals surface area (Å²) in [5, 5.41) is 15.2. The van der Waals surface area contributed by atoms with Crippen LogP contribution in [0.25, 0.3) is 0 Å². The van der Waals surface area contributed by atoms with E-state index in [0.717, 1.165) is 29.2 Å². The molecule has 0 spiro atoms. The number of benzene rings is 4. The Morgan fingerprint density at radius 1 is 0.800 bits per heavy atom. The van der Waals surface area contributed by atoms with Crippen LogP contribution < -0.4 is 10.3 Å². The summed E-state index contributed by atoms with van der Waals surface area (Å²) >= 11 is 0. The van der Waals surface area contributed by atoms with Gasteiger partial charge in [-0.15, -0.1) is 0 Å². The number of hydrazone groups is 1. The van der Waals surface area contributed by atoms with Crippen molar-refractivity contribution in [3.8, 4) is 0 Å². The van der Waals surface area contributed by atoms with Crippen molar-refractivity contribution in [1.82, 2.24) is 0 Å². The second kappa shape index (κ2) is 10.1. The largest absolute Gasteiger partial charge is 0.416 e. The molecule has 4 rings (SSSR count). The fourth-order valence-corrected chi connectivity index (χ4v) is 3.44. The van der Waals surface area contributed by atoms with Gasteiger partial charge < -0.3 is 4.90 Å². The van der Waals surface area contributed by atoms with Crippen LogP contribution in [0, 0.1) is 10.1 Å². The first-order valence-electron chi connectivity index (χ1n) is 10.5. The van der Waals surface area contributed by atoms with E-state index in [1.165, 1.54) is 6.21 Å². The van der Waals surface area contributed by atoms with E-state index in [1.54, 1.807) is 0 Å². The number of nitrogens with one attached hydrogen (secondary N) is 1. The maximum absolute atomic E-state index is 12.9. The van der Waals surface area contributed by atoms with E-state index in [2.05, 4.69) is 15.4 Å². The van der Waals surface area contributed by atoms with Gasteiger partial charge in [0.1, 0.15) is 5.69 Å². The monoisotopic (exact) mass is 476 g/mol. The third kappa shape index (κ3) is 5.64. The van der Waals surface area contributed by atoms with Crippen LogP contribution in [-0.2, 0) is 6.18 Å². The summed E-state index contributed by atoms with van der Waals surface area (Å²) in [5.74, 6) is 0. The fraction of sp³-hybridized carbons (Fsp3) is 0.0385. The number of alkyl halides is 3. The van der Waals surface area contributed by atoms with E-state index in [1.807, 2.05) is 84.9 Å². The Bertz CT molecular complexity index is 1290. The summed E-state index contributed by atoms with van der Waals surface area (Å²) in [6, 6.07) is 29.4. The highest BCUT2D eigenvalue weighted by Crippen LogP contribution is 2.35. The van der Waals surface area contributed by atoms with Gasteiger partial charge in [-0.3, -0.25) is 15.5 Å². The van der Waals surface area contributed by atoms with Crippen LogP contribution in [0.1, 0.15) is 11.1 Å². The number of nitrogens with zero attached hydrogens (tertiary/aromatic N) is 3.